The van der Waals surface area contributed by atoms with E-state index < -0.39 is 207 Å². The van der Waals surface area contributed by atoms with Crippen LogP contribution in [0.5, 0.6) is 0 Å². The summed E-state index contributed by atoms with van der Waals surface area (Å²) in [7, 11) is -2.46. The number of hydrogen-bond acceptors (Lipinski definition) is 0. The molecule has 0 aromatic heterocycles. The van der Waals surface area contributed by atoms with Crippen LogP contribution in [0.15, 0.2) is 255 Å². The van der Waals surface area contributed by atoms with Gasteiger partial charge in [0.05, 0.1) is 44.5 Å². The first kappa shape index (κ1) is 70.3. The van der Waals surface area contributed by atoms with E-state index in [0.717, 1.165) is 0 Å². The number of rotatable bonds is 11. The smallest absolute Gasteiger partial charge is 0.194 e. The zero-order chi connectivity index (χ0) is 69.6. The second-order valence-electron chi connectivity index (χ2n) is 21.7. The summed E-state index contributed by atoms with van der Waals surface area (Å²) in [6.45, 7) is 0. The zero-order valence-electron chi connectivity index (χ0n) is 47.8. The molecule has 0 N–H and O–H groups in total. The van der Waals surface area contributed by atoms with Crippen molar-refractivity contribution in [3.63, 3.8) is 0 Å². The van der Waals surface area contributed by atoms with E-state index in [-0.39, 0.29) is 0 Å². The Bertz CT molecular complexity index is 3520. The minimum atomic E-state index is -6.13. The predicted molar refractivity (Wildman–Crippen MR) is 314 cm³/mol. The minimum Gasteiger partial charge on any atom is -0.194 e. The van der Waals surface area contributed by atoms with E-state index in [1.54, 1.807) is 0 Å². The van der Waals surface area contributed by atoms with Gasteiger partial charge in [0.1, 0.15) is 29.3 Å². The first-order chi connectivity index (χ1) is 44.1. The van der Waals surface area contributed by atoms with Crippen molar-refractivity contribution in [1.82, 2.24) is 0 Å². The largest absolute Gasteiger partial charge is 0.416 e. The van der Waals surface area contributed by atoms with Gasteiger partial charge in [-0.25, -0.2) is 0 Å². The van der Waals surface area contributed by atoms with Gasteiger partial charge >= 0.3 is 49.4 Å². The highest BCUT2D eigenvalue weighted by molar-refractivity contribution is 7.97. The van der Waals surface area contributed by atoms with Gasteiger partial charge in [-0.3, -0.25) is 0 Å². The first-order valence-electron chi connectivity index (χ1n) is 27.7. The zero-order valence-corrected chi connectivity index (χ0v) is 48.7. The summed E-state index contributed by atoms with van der Waals surface area (Å²) in [6.07, 6.45) is -54.8. The van der Waals surface area contributed by atoms with Crippen LogP contribution in [-0.4, -0.2) is 6.15 Å². The van der Waals surface area contributed by atoms with Gasteiger partial charge in [0.25, 0.3) is 0 Å². The Balaban J connectivity index is 0.000000240. The molecular formula is C69H42BF24P. The molecule has 0 amide bonds. The topological polar surface area (TPSA) is 0 Å². The third-order valence-electron chi connectivity index (χ3n) is 15.9. The monoisotopic (exact) mass is 1370 g/mol. The van der Waals surface area contributed by atoms with Crippen LogP contribution in [0.2, 0.25) is 0 Å². The third-order valence-corrected chi connectivity index (χ3v) is 20.9. The van der Waals surface area contributed by atoms with Crippen molar-refractivity contribution in [2.45, 2.75) is 54.6 Å². The predicted octanol–water partition coefficient (Wildman–Crippen LogP) is 19.2. The van der Waals surface area contributed by atoms with Crippen molar-refractivity contribution in [3.8, 4) is 0 Å². The van der Waals surface area contributed by atoms with Gasteiger partial charge in [-0.15, -0.1) is 0 Å². The van der Waals surface area contributed by atoms with Crippen molar-refractivity contribution in [3.05, 3.63) is 316 Å². The molecule has 494 valence electrons. The molecule has 0 saturated heterocycles. The molecular weight excluding hydrogens is 1330 g/mol. The second-order valence-corrected chi connectivity index (χ2v) is 25.3. The average Bonchev–Trinajstić information content (AvgIpc) is 0.691. The molecule has 0 bridgehead atoms. The van der Waals surface area contributed by atoms with Crippen LogP contribution in [0, 0.1) is 0 Å². The molecule has 26 heteroatoms. The highest BCUT2D eigenvalue weighted by Crippen LogP contribution is 2.75. The molecule has 0 aliphatic heterocycles. The fourth-order valence-corrected chi connectivity index (χ4v) is 17.7. The fourth-order valence-electron chi connectivity index (χ4n) is 12.2. The SMILES string of the molecule is FC(F)(F)c1cc([B-](c2cc(C(F)(F)F)cc(C(F)(F)F)c2)(c2cc(C(F)(F)F)cc(C(F)(F)F)c2)c2cc(C(F)(F)F)cc(C(F)(F)F)c2)cc(C(F)(F)F)c1.c1ccc(C(c2ccccc2)(c2ccccc2)[P+](c2ccccc2)(c2ccccc2)c2ccccc2)cc1. The van der Waals surface area contributed by atoms with Crippen molar-refractivity contribution in [1.29, 1.82) is 0 Å². The van der Waals surface area contributed by atoms with Gasteiger partial charge in [-0.1, -0.05) is 194 Å². The van der Waals surface area contributed by atoms with E-state index in [1.165, 1.54) is 32.6 Å². The van der Waals surface area contributed by atoms with Gasteiger partial charge < -0.3 is 0 Å². The van der Waals surface area contributed by atoms with Crippen molar-refractivity contribution >= 4 is 51.2 Å². The Hall–Kier alpha value is -8.99. The summed E-state index contributed by atoms with van der Waals surface area (Å²) in [5.41, 5.74) is -26.3. The molecule has 0 spiro atoms. The molecule has 0 aliphatic rings. The summed E-state index contributed by atoms with van der Waals surface area (Å²) in [5, 5.41) is 3.58. The van der Waals surface area contributed by atoms with Crippen LogP contribution in [0.25, 0.3) is 0 Å². The van der Waals surface area contributed by atoms with Crippen molar-refractivity contribution in [2.24, 2.45) is 0 Å². The summed E-state index contributed by atoms with van der Waals surface area (Å²) >= 11 is 0. The minimum absolute atomic E-state index is 0.485. The van der Waals surface area contributed by atoms with E-state index in [2.05, 4.69) is 182 Å². The Labute approximate surface area is 525 Å². The Kier molecular flexibility index (Phi) is 19.0. The van der Waals surface area contributed by atoms with Gasteiger partial charge in [-0.05, 0) is 60.7 Å². The van der Waals surface area contributed by atoms with Crippen LogP contribution in [0.4, 0.5) is 105 Å². The van der Waals surface area contributed by atoms with Crippen LogP contribution in [0.3, 0.4) is 0 Å². The molecule has 0 saturated carbocycles. The molecule has 10 aromatic carbocycles. The molecule has 0 aliphatic carbocycles. The lowest BCUT2D eigenvalue weighted by molar-refractivity contribution is -0.144. The maximum absolute atomic E-state index is 14.2. The quantitative estimate of drug-likeness (QED) is 0.0524. The van der Waals surface area contributed by atoms with E-state index in [0.29, 0.717) is 0 Å². The second kappa shape index (κ2) is 25.6. The first-order valence-corrected chi connectivity index (χ1v) is 29.5. The van der Waals surface area contributed by atoms with Gasteiger partial charge in [0, 0.05) is 16.7 Å². The van der Waals surface area contributed by atoms with Gasteiger partial charge in [0.2, 0.25) is 0 Å². The number of alkyl halides is 24. The lowest BCUT2D eigenvalue weighted by Crippen LogP contribution is -2.75. The summed E-state index contributed by atoms with van der Waals surface area (Å²) in [6, 6.07) is 58.2. The molecule has 0 radical (unpaired) electrons. The molecule has 0 heterocycles. The van der Waals surface area contributed by atoms with E-state index >= 15 is 0 Å². The van der Waals surface area contributed by atoms with Crippen LogP contribution in [-0.2, 0) is 54.6 Å². The molecule has 0 atom stereocenters. The van der Waals surface area contributed by atoms with Crippen LogP contribution < -0.4 is 37.8 Å². The highest BCUT2D eigenvalue weighted by Gasteiger charge is 2.65. The maximum atomic E-state index is 14.2. The lowest BCUT2D eigenvalue weighted by Gasteiger charge is -2.46. The summed E-state index contributed by atoms with van der Waals surface area (Å²) in [5.74, 6) is 0. The molecule has 95 heavy (non-hydrogen) atoms. The number of hydrogen-bond donors (Lipinski definition) is 0. The van der Waals surface area contributed by atoms with Crippen LogP contribution >= 0.6 is 7.26 Å². The van der Waals surface area contributed by atoms with E-state index in [1.807, 2.05) is 0 Å². The molecule has 10 aromatic rings. The Morgan fingerprint density at radius 1 is 0.179 bits per heavy atom. The Morgan fingerprint density at radius 2 is 0.326 bits per heavy atom. The summed E-state index contributed by atoms with van der Waals surface area (Å²) < 4.78 is 341. The molecule has 10 rings (SSSR count). The maximum Gasteiger partial charge on any atom is 0.416 e. The van der Waals surface area contributed by atoms with E-state index in [4.69, 9.17) is 0 Å². The summed E-state index contributed by atoms with van der Waals surface area (Å²) in [4.78, 5) is 0. The third kappa shape index (κ3) is 14.1. The van der Waals surface area contributed by atoms with Crippen molar-refractivity contribution < 1.29 is 105 Å². The molecule has 0 fully saturated rings. The van der Waals surface area contributed by atoms with E-state index in [9.17, 15) is 105 Å². The lowest BCUT2D eigenvalue weighted by atomic mass is 9.12. The number of halogens is 24. The van der Waals surface area contributed by atoms with Gasteiger partial charge in [-0.2, -0.15) is 127 Å². The van der Waals surface area contributed by atoms with Crippen LogP contribution in [0.1, 0.15) is 61.2 Å². The standard InChI is InChI=1S/C37H30P.C32H12BF24/c1-7-19-31(20-8-1)37(32-21-9-2-10-22-32,33-23-11-3-12-24-33)38(34-25-13-4-14-26-34,35-27-15-5-16-28-35)36-29-17-6-18-30-36;34-25(35,36)13-1-14(26(37,38)39)6-21(5-13)33(22-7-15(27(40,41)42)2-16(8-22)28(43,44)45,23-9-17(29(46,47)48)3-18(10-23)30(49,50)51)24-11-19(31(52,53)54)4-20(12-24)32(55,56)57/h1-30H;1-12H/q+1;-1. The molecule has 0 nitrogen and oxygen atoms in total. The highest BCUT2D eigenvalue weighted by atomic mass is 31.2. The van der Waals surface area contributed by atoms with Crippen molar-refractivity contribution in [2.75, 3.05) is 0 Å². The van der Waals surface area contributed by atoms with Gasteiger partial charge in [0.15, 0.2) is 5.16 Å². The average molecular weight is 1370 g/mol. The fraction of sp³-hybridized carbons (Fsp3) is 0.130. The molecule has 0 unspecified atom stereocenters. The Morgan fingerprint density at radius 3 is 0.474 bits per heavy atom. The number of benzene rings is 10. The normalized spacial score (nSPS) is 13.3.